The van der Waals surface area contributed by atoms with Crippen molar-refractivity contribution < 1.29 is 9.21 Å². The van der Waals surface area contributed by atoms with Crippen molar-refractivity contribution in [1.82, 2.24) is 10.2 Å². The van der Waals surface area contributed by atoms with Crippen LogP contribution in [0.15, 0.2) is 57.8 Å². The Bertz CT molecular complexity index is 848. The molecule has 25 heavy (non-hydrogen) atoms. The number of thioether (sulfide) groups is 1. The maximum atomic E-state index is 12.0. The molecule has 0 atom stereocenters. The van der Waals surface area contributed by atoms with E-state index in [1.807, 2.05) is 55.5 Å². The molecule has 0 aliphatic rings. The molecule has 1 N–H and O–H groups in total. The van der Waals surface area contributed by atoms with Gasteiger partial charge in [-0.2, -0.15) is 0 Å². The normalized spacial score (nSPS) is 10.6. The first-order valence-corrected chi connectivity index (χ1v) is 9.05. The van der Waals surface area contributed by atoms with Crippen LogP contribution in [0.5, 0.6) is 0 Å². The van der Waals surface area contributed by atoms with Gasteiger partial charge in [0, 0.05) is 27.7 Å². The highest BCUT2D eigenvalue weighted by Gasteiger charge is 2.11. The number of aromatic nitrogens is 2. The number of hydrogen-bond donors (Lipinski definition) is 1. The number of hydrogen-bond acceptors (Lipinski definition) is 5. The first-order valence-electron chi connectivity index (χ1n) is 7.69. The lowest BCUT2D eigenvalue weighted by molar-refractivity contribution is -0.115. The van der Waals surface area contributed by atoms with Gasteiger partial charge < -0.3 is 4.42 Å². The summed E-state index contributed by atoms with van der Waals surface area (Å²) in [5.41, 5.74) is 1.96. The molecule has 0 aliphatic heterocycles. The van der Waals surface area contributed by atoms with Gasteiger partial charge in [-0.05, 0) is 43.3 Å². The van der Waals surface area contributed by atoms with E-state index in [-0.39, 0.29) is 11.9 Å². The smallest absolute Gasteiger partial charge is 0.322 e. The lowest BCUT2D eigenvalue weighted by Gasteiger charge is -2.02. The predicted octanol–water partition coefficient (Wildman–Crippen LogP) is 4.82. The molecule has 0 aliphatic carbocycles. The molecule has 3 rings (SSSR count). The van der Waals surface area contributed by atoms with Gasteiger partial charge in [-0.25, -0.2) is 0 Å². The van der Waals surface area contributed by atoms with Crippen LogP contribution >= 0.6 is 23.4 Å². The summed E-state index contributed by atoms with van der Waals surface area (Å²) in [6.45, 7) is 2.01. The average Bonchev–Trinajstić information content (AvgIpc) is 3.06. The van der Waals surface area contributed by atoms with Crippen molar-refractivity contribution in [1.29, 1.82) is 0 Å². The van der Waals surface area contributed by atoms with E-state index in [1.54, 1.807) is 11.8 Å². The quantitative estimate of drug-likeness (QED) is 0.627. The summed E-state index contributed by atoms with van der Waals surface area (Å²) in [5, 5.41) is 11.1. The van der Waals surface area contributed by atoms with Gasteiger partial charge in [-0.15, -0.1) is 16.9 Å². The lowest BCUT2D eigenvalue weighted by Crippen LogP contribution is -2.12. The Morgan fingerprint density at radius 2 is 1.84 bits per heavy atom. The second-order valence-electron chi connectivity index (χ2n) is 5.38. The zero-order valence-electron chi connectivity index (χ0n) is 13.5. The van der Waals surface area contributed by atoms with Crippen LogP contribution in [-0.2, 0) is 4.79 Å². The number of amides is 1. The molecule has 128 valence electrons. The van der Waals surface area contributed by atoms with E-state index in [0.717, 1.165) is 16.0 Å². The Balaban J connectivity index is 1.49. The summed E-state index contributed by atoms with van der Waals surface area (Å²) in [5.74, 6) is 0.860. The fourth-order valence-electron chi connectivity index (χ4n) is 2.06. The lowest BCUT2D eigenvalue weighted by atomic mass is 10.1. The molecule has 5 nitrogen and oxygen atoms in total. The van der Waals surface area contributed by atoms with Crippen LogP contribution < -0.4 is 5.32 Å². The second kappa shape index (κ2) is 8.18. The van der Waals surface area contributed by atoms with Gasteiger partial charge in [-0.3, -0.25) is 10.1 Å². The molecule has 0 spiro atoms. The van der Waals surface area contributed by atoms with Gasteiger partial charge in [0.05, 0.1) is 0 Å². The number of nitrogens with one attached hydrogen (secondary N) is 1. The number of carbonyl (C=O) groups excluding carboxylic acids is 1. The van der Waals surface area contributed by atoms with Crippen molar-refractivity contribution in [2.24, 2.45) is 0 Å². The van der Waals surface area contributed by atoms with Crippen molar-refractivity contribution >= 4 is 35.3 Å². The zero-order valence-corrected chi connectivity index (χ0v) is 15.1. The molecule has 0 radical (unpaired) electrons. The predicted molar refractivity (Wildman–Crippen MR) is 99.9 cm³/mol. The molecule has 2 aromatic carbocycles. The Hall–Kier alpha value is -2.31. The Labute approximate surface area is 154 Å². The number of anilines is 1. The van der Waals surface area contributed by atoms with Crippen LogP contribution in [0.2, 0.25) is 5.02 Å². The van der Waals surface area contributed by atoms with Gasteiger partial charge in [0.15, 0.2) is 0 Å². The SMILES string of the molecule is Cc1ccc(-c2nnc(NC(=O)CCSc3ccc(Cl)cc3)o2)cc1. The van der Waals surface area contributed by atoms with Gasteiger partial charge in [-0.1, -0.05) is 34.4 Å². The Morgan fingerprint density at radius 1 is 1.12 bits per heavy atom. The first-order chi connectivity index (χ1) is 12.1. The highest BCUT2D eigenvalue weighted by molar-refractivity contribution is 7.99. The maximum absolute atomic E-state index is 12.0. The summed E-state index contributed by atoms with van der Waals surface area (Å²) in [7, 11) is 0. The third-order valence-electron chi connectivity index (χ3n) is 3.38. The topological polar surface area (TPSA) is 68.0 Å². The molecule has 0 fully saturated rings. The fourth-order valence-corrected chi connectivity index (χ4v) is 3.04. The van der Waals surface area contributed by atoms with Gasteiger partial charge in [0.1, 0.15) is 0 Å². The number of carbonyl (C=O) groups is 1. The van der Waals surface area contributed by atoms with E-state index in [1.165, 1.54) is 0 Å². The second-order valence-corrected chi connectivity index (χ2v) is 6.98. The molecule has 3 aromatic rings. The number of rotatable bonds is 6. The van der Waals surface area contributed by atoms with Crippen molar-refractivity contribution in [3.05, 3.63) is 59.1 Å². The van der Waals surface area contributed by atoms with E-state index in [9.17, 15) is 4.79 Å². The van der Waals surface area contributed by atoms with Crippen molar-refractivity contribution in [3.63, 3.8) is 0 Å². The molecular weight excluding hydrogens is 358 g/mol. The summed E-state index contributed by atoms with van der Waals surface area (Å²) in [4.78, 5) is 13.0. The van der Waals surface area contributed by atoms with Gasteiger partial charge in [0.2, 0.25) is 11.8 Å². The summed E-state index contributed by atoms with van der Waals surface area (Å²) < 4.78 is 5.48. The molecular formula is C18H16ClN3O2S. The molecule has 0 bridgehead atoms. The summed E-state index contributed by atoms with van der Waals surface area (Å²) >= 11 is 7.43. The Morgan fingerprint density at radius 3 is 2.56 bits per heavy atom. The summed E-state index contributed by atoms with van der Waals surface area (Å²) in [6, 6.07) is 15.3. The third-order valence-corrected chi connectivity index (χ3v) is 4.65. The molecule has 1 aromatic heterocycles. The van der Waals surface area contributed by atoms with E-state index in [2.05, 4.69) is 15.5 Å². The minimum atomic E-state index is -0.166. The van der Waals surface area contributed by atoms with E-state index >= 15 is 0 Å². The Kier molecular flexibility index (Phi) is 5.73. The van der Waals surface area contributed by atoms with Crippen LogP contribution in [0.3, 0.4) is 0 Å². The first kappa shape index (κ1) is 17.5. The van der Waals surface area contributed by atoms with E-state index in [4.69, 9.17) is 16.0 Å². The molecule has 0 saturated heterocycles. The van der Waals surface area contributed by atoms with Crippen LogP contribution in [0.4, 0.5) is 6.01 Å². The standard InChI is InChI=1S/C18H16ClN3O2S/c1-12-2-4-13(5-3-12)17-21-22-18(24-17)20-16(23)10-11-25-15-8-6-14(19)7-9-15/h2-9H,10-11H2,1H3,(H,20,22,23). The van der Waals surface area contributed by atoms with E-state index in [0.29, 0.717) is 23.1 Å². The van der Waals surface area contributed by atoms with Crippen molar-refractivity contribution in [2.45, 2.75) is 18.2 Å². The molecule has 1 heterocycles. The molecule has 0 saturated carbocycles. The molecule has 7 heteroatoms. The van der Waals surface area contributed by atoms with Crippen molar-refractivity contribution in [2.75, 3.05) is 11.1 Å². The molecule has 1 amide bonds. The van der Waals surface area contributed by atoms with Gasteiger partial charge >= 0.3 is 6.01 Å². The average molecular weight is 374 g/mol. The molecule has 0 unspecified atom stereocenters. The number of aryl methyl sites for hydroxylation is 1. The van der Waals surface area contributed by atoms with Gasteiger partial charge in [0.25, 0.3) is 0 Å². The van der Waals surface area contributed by atoms with Crippen molar-refractivity contribution in [3.8, 4) is 11.5 Å². The van der Waals surface area contributed by atoms with Crippen LogP contribution in [0.1, 0.15) is 12.0 Å². The zero-order chi connectivity index (χ0) is 17.6. The minimum absolute atomic E-state index is 0.108. The number of nitrogens with zero attached hydrogens (tertiary/aromatic N) is 2. The third kappa shape index (κ3) is 5.08. The maximum Gasteiger partial charge on any atom is 0.322 e. The van der Waals surface area contributed by atoms with E-state index < -0.39 is 0 Å². The highest BCUT2D eigenvalue weighted by atomic mass is 35.5. The summed E-state index contributed by atoms with van der Waals surface area (Å²) in [6.07, 6.45) is 0.343. The van der Waals surface area contributed by atoms with Crippen LogP contribution in [-0.4, -0.2) is 21.9 Å². The minimum Gasteiger partial charge on any atom is -0.403 e. The monoisotopic (exact) mass is 373 g/mol. The number of halogens is 1. The van der Waals surface area contributed by atoms with Crippen LogP contribution in [0, 0.1) is 6.92 Å². The van der Waals surface area contributed by atoms with Crippen LogP contribution in [0.25, 0.3) is 11.5 Å². The largest absolute Gasteiger partial charge is 0.403 e. The highest BCUT2D eigenvalue weighted by Crippen LogP contribution is 2.22. The number of benzene rings is 2. The fraction of sp³-hybridized carbons (Fsp3) is 0.167.